The van der Waals surface area contributed by atoms with Crippen LogP contribution in [-0.4, -0.2) is 27.2 Å². The first-order valence-corrected chi connectivity index (χ1v) is 6.87. The first kappa shape index (κ1) is 14.6. The van der Waals surface area contributed by atoms with E-state index in [0.717, 1.165) is 5.69 Å². The third-order valence-corrected chi connectivity index (χ3v) is 3.79. The number of amides is 1. The normalized spacial score (nSPS) is 22.8. The van der Waals surface area contributed by atoms with Gasteiger partial charge >= 0.3 is 5.97 Å². The smallest absolute Gasteiger partial charge is 0.306 e. The van der Waals surface area contributed by atoms with Gasteiger partial charge in [0.15, 0.2) is 5.82 Å². The molecule has 1 heterocycles. The second-order valence-corrected chi connectivity index (χ2v) is 6.45. The van der Waals surface area contributed by atoms with Crippen LogP contribution in [-0.2, 0) is 15.0 Å². The number of hydrogen-bond acceptors (Lipinski definition) is 3. The number of carboxylic acid groups (broad SMARTS) is 1. The van der Waals surface area contributed by atoms with Gasteiger partial charge in [-0.2, -0.15) is 5.10 Å². The van der Waals surface area contributed by atoms with E-state index < -0.39 is 11.9 Å². The van der Waals surface area contributed by atoms with E-state index >= 15 is 0 Å². The van der Waals surface area contributed by atoms with Crippen LogP contribution in [0.1, 0.15) is 45.7 Å². The van der Waals surface area contributed by atoms with E-state index in [9.17, 15) is 9.59 Å². The first-order chi connectivity index (χ1) is 9.27. The fourth-order valence-electron chi connectivity index (χ4n) is 2.44. The van der Waals surface area contributed by atoms with E-state index in [0.29, 0.717) is 25.1 Å². The van der Waals surface area contributed by atoms with Crippen molar-refractivity contribution in [3.63, 3.8) is 0 Å². The second-order valence-electron chi connectivity index (χ2n) is 6.45. The van der Waals surface area contributed by atoms with Crippen molar-refractivity contribution >= 4 is 17.7 Å². The van der Waals surface area contributed by atoms with Crippen LogP contribution in [0.15, 0.2) is 6.07 Å². The van der Waals surface area contributed by atoms with Gasteiger partial charge in [0.25, 0.3) is 0 Å². The Balaban J connectivity index is 1.95. The Morgan fingerprint density at radius 1 is 1.35 bits per heavy atom. The van der Waals surface area contributed by atoms with Crippen LogP contribution in [0.25, 0.3) is 0 Å². The Hall–Kier alpha value is -1.85. The minimum Gasteiger partial charge on any atom is -0.481 e. The molecule has 6 heteroatoms. The maximum atomic E-state index is 12.1. The van der Waals surface area contributed by atoms with Crippen molar-refractivity contribution in [2.75, 3.05) is 5.32 Å². The molecule has 0 radical (unpaired) electrons. The molecule has 1 saturated carbocycles. The highest BCUT2D eigenvalue weighted by Crippen LogP contribution is 2.32. The molecule has 1 aliphatic rings. The molecule has 0 saturated heterocycles. The molecule has 0 bridgehead atoms. The quantitative estimate of drug-likeness (QED) is 0.790. The number of aromatic nitrogens is 2. The maximum absolute atomic E-state index is 12.1. The Morgan fingerprint density at radius 2 is 2.00 bits per heavy atom. The number of carbonyl (C=O) groups is 2. The lowest BCUT2D eigenvalue weighted by Gasteiger charge is -2.14. The number of aromatic amines is 1. The Labute approximate surface area is 118 Å². The van der Waals surface area contributed by atoms with Crippen LogP contribution in [0, 0.1) is 11.8 Å². The number of carboxylic acids is 1. The van der Waals surface area contributed by atoms with Crippen LogP contribution in [0.2, 0.25) is 0 Å². The molecule has 6 nitrogen and oxygen atoms in total. The van der Waals surface area contributed by atoms with E-state index in [1.165, 1.54) is 0 Å². The zero-order chi connectivity index (χ0) is 14.9. The fraction of sp³-hybridized carbons (Fsp3) is 0.643. The fourth-order valence-corrected chi connectivity index (χ4v) is 2.44. The highest BCUT2D eigenvalue weighted by molar-refractivity contribution is 5.92. The van der Waals surface area contributed by atoms with Crippen molar-refractivity contribution in [3.05, 3.63) is 11.8 Å². The molecule has 0 aliphatic heterocycles. The predicted molar refractivity (Wildman–Crippen MR) is 74.4 cm³/mol. The number of hydrogen-bond donors (Lipinski definition) is 3. The molecule has 1 aromatic heterocycles. The summed E-state index contributed by atoms with van der Waals surface area (Å²) < 4.78 is 0. The summed E-state index contributed by atoms with van der Waals surface area (Å²) in [5, 5.41) is 18.7. The second kappa shape index (κ2) is 5.26. The van der Waals surface area contributed by atoms with E-state index in [4.69, 9.17) is 5.11 Å². The van der Waals surface area contributed by atoms with Crippen LogP contribution in [0.5, 0.6) is 0 Å². The standard InChI is InChI=1S/C14H21N3O3/c1-14(2,3)10-7-11(17-16-10)15-12(18)8-4-5-9(6-8)13(19)20/h7-9H,4-6H2,1-3H3,(H,19,20)(H2,15,16,17,18). The molecule has 1 aliphatic carbocycles. The SMILES string of the molecule is CC(C)(C)c1cc(NC(=O)C2CCC(C(=O)O)C2)n[nH]1. The monoisotopic (exact) mass is 279 g/mol. The minimum absolute atomic E-state index is 0.0578. The lowest BCUT2D eigenvalue weighted by atomic mass is 9.92. The molecule has 2 rings (SSSR count). The summed E-state index contributed by atoms with van der Waals surface area (Å²) in [6, 6.07) is 1.82. The van der Waals surface area contributed by atoms with Gasteiger partial charge in [0.2, 0.25) is 5.91 Å². The average Bonchev–Trinajstić information content (AvgIpc) is 2.95. The van der Waals surface area contributed by atoms with Crippen LogP contribution >= 0.6 is 0 Å². The van der Waals surface area contributed by atoms with E-state index in [2.05, 4.69) is 36.3 Å². The maximum Gasteiger partial charge on any atom is 0.306 e. The summed E-state index contributed by atoms with van der Waals surface area (Å²) in [6.07, 6.45) is 1.61. The molecule has 1 fully saturated rings. The average molecular weight is 279 g/mol. The highest BCUT2D eigenvalue weighted by Gasteiger charge is 2.34. The Morgan fingerprint density at radius 3 is 2.50 bits per heavy atom. The molecule has 1 aromatic rings. The van der Waals surface area contributed by atoms with Gasteiger partial charge in [-0.3, -0.25) is 14.7 Å². The van der Waals surface area contributed by atoms with Gasteiger partial charge in [-0.25, -0.2) is 0 Å². The van der Waals surface area contributed by atoms with Crippen molar-refractivity contribution < 1.29 is 14.7 Å². The van der Waals surface area contributed by atoms with Crippen LogP contribution in [0.4, 0.5) is 5.82 Å². The summed E-state index contributed by atoms with van der Waals surface area (Å²) in [4.78, 5) is 23.0. The molecule has 20 heavy (non-hydrogen) atoms. The van der Waals surface area contributed by atoms with Crippen molar-refractivity contribution in [1.82, 2.24) is 10.2 Å². The van der Waals surface area contributed by atoms with Gasteiger partial charge in [-0.15, -0.1) is 0 Å². The number of anilines is 1. The van der Waals surface area contributed by atoms with Gasteiger partial charge in [0.1, 0.15) is 0 Å². The topological polar surface area (TPSA) is 95.1 Å². The first-order valence-electron chi connectivity index (χ1n) is 6.87. The zero-order valence-corrected chi connectivity index (χ0v) is 12.1. The van der Waals surface area contributed by atoms with E-state index in [1.807, 2.05) is 6.07 Å². The van der Waals surface area contributed by atoms with Crippen LogP contribution < -0.4 is 5.32 Å². The third-order valence-electron chi connectivity index (χ3n) is 3.79. The highest BCUT2D eigenvalue weighted by atomic mass is 16.4. The van der Waals surface area contributed by atoms with Crippen molar-refractivity contribution in [2.24, 2.45) is 11.8 Å². The lowest BCUT2D eigenvalue weighted by Crippen LogP contribution is -2.21. The molecular weight excluding hydrogens is 258 g/mol. The molecule has 2 unspecified atom stereocenters. The molecule has 1 amide bonds. The number of nitrogens with zero attached hydrogens (tertiary/aromatic N) is 1. The van der Waals surface area contributed by atoms with Gasteiger partial charge in [0.05, 0.1) is 5.92 Å². The summed E-state index contributed by atoms with van der Waals surface area (Å²) in [5.74, 6) is -1.07. The van der Waals surface area contributed by atoms with Crippen LogP contribution in [0.3, 0.4) is 0 Å². The number of rotatable bonds is 3. The Kier molecular flexibility index (Phi) is 3.83. The molecular formula is C14H21N3O3. The van der Waals surface area contributed by atoms with E-state index in [-0.39, 0.29) is 17.2 Å². The van der Waals surface area contributed by atoms with E-state index in [1.54, 1.807) is 0 Å². The Bertz CT molecular complexity index is 516. The zero-order valence-electron chi connectivity index (χ0n) is 12.1. The van der Waals surface area contributed by atoms with Crippen molar-refractivity contribution in [3.8, 4) is 0 Å². The van der Waals surface area contributed by atoms with Crippen molar-refractivity contribution in [1.29, 1.82) is 0 Å². The molecule has 0 aromatic carbocycles. The summed E-state index contributed by atoms with van der Waals surface area (Å²) >= 11 is 0. The number of aliphatic carboxylic acids is 1. The molecule has 0 spiro atoms. The molecule has 2 atom stereocenters. The van der Waals surface area contributed by atoms with Crippen molar-refractivity contribution in [2.45, 2.75) is 45.4 Å². The largest absolute Gasteiger partial charge is 0.481 e. The molecule has 110 valence electrons. The summed E-state index contributed by atoms with van der Waals surface area (Å²) in [5.41, 5.74) is 0.889. The lowest BCUT2D eigenvalue weighted by molar-refractivity contribution is -0.141. The minimum atomic E-state index is -0.810. The summed E-state index contributed by atoms with van der Waals surface area (Å²) in [7, 11) is 0. The molecule has 3 N–H and O–H groups in total. The number of carbonyl (C=O) groups excluding carboxylic acids is 1. The van der Waals surface area contributed by atoms with Gasteiger partial charge < -0.3 is 10.4 Å². The van der Waals surface area contributed by atoms with Gasteiger partial charge in [-0.05, 0) is 19.3 Å². The number of H-pyrrole nitrogens is 1. The summed E-state index contributed by atoms with van der Waals surface area (Å²) in [6.45, 7) is 6.17. The van der Waals surface area contributed by atoms with Gasteiger partial charge in [0, 0.05) is 23.1 Å². The number of nitrogens with one attached hydrogen (secondary N) is 2. The van der Waals surface area contributed by atoms with Gasteiger partial charge in [-0.1, -0.05) is 20.8 Å². The predicted octanol–water partition coefficient (Wildman–Crippen LogP) is 2.15. The third kappa shape index (κ3) is 3.18.